The van der Waals surface area contributed by atoms with Crippen molar-refractivity contribution in [1.82, 2.24) is 15.0 Å². The average Bonchev–Trinajstić information content (AvgIpc) is 3.42. The Morgan fingerprint density at radius 1 is 1.34 bits per heavy atom. The van der Waals surface area contributed by atoms with Gasteiger partial charge in [-0.2, -0.15) is 0 Å². The van der Waals surface area contributed by atoms with Gasteiger partial charge in [0.1, 0.15) is 31.1 Å². The normalized spacial score (nSPS) is 12.7. The van der Waals surface area contributed by atoms with E-state index in [0.717, 1.165) is 60.7 Å². The van der Waals surface area contributed by atoms with Crippen molar-refractivity contribution in [3.63, 3.8) is 0 Å². The van der Waals surface area contributed by atoms with E-state index in [-0.39, 0.29) is 0 Å². The monoisotopic (exact) mass is 446 g/mol. The molecule has 0 aliphatic rings. The molecule has 9 heteroatoms. The minimum absolute atomic E-state index is 0.581. The number of nitrogens with one attached hydrogen (secondary N) is 1. The highest BCUT2D eigenvalue weighted by atomic mass is 32.2. The van der Waals surface area contributed by atoms with Crippen LogP contribution in [0.25, 0.3) is 32.3 Å². The molecule has 0 bridgehead atoms. The maximum atomic E-state index is 12.9. The Balaban J connectivity index is 1.99. The molecule has 0 fully saturated rings. The summed E-state index contributed by atoms with van der Waals surface area (Å²) in [5, 5.41) is 3.67. The lowest BCUT2D eigenvalue weighted by atomic mass is 10.1. The largest absolute Gasteiger partial charge is 0.396 e. The molecule has 0 spiro atoms. The molecule has 0 radical (unpaired) electrons. The van der Waals surface area contributed by atoms with Crippen molar-refractivity contribution in [2.45, 2.75) is 37.8 Å². The third kappa shape index (κ3) is 3.51. The second-order valence-corrected chi connectivity index (χ2v) is 10.7. The van der Waals surface area contributed by atoms with E-state index in [1.165, 1.54) is 11.3 Å². The second-order valence-electron chi connectivity index (χ2n) is 7.02. The number of nitrogen functional groups attached to an aromatic ring is 1. The number of thiophene rings is 1. The van der Waals surface area contributed by atoms with E-state index in [1.807, 2.05) is 18.5 Å². The number of aromatic amines is 1. The molecule has 0 amide bonds. The van der Waals surface area contributed by atoms with Gasteiger partial charge in [0, 0.05) is 31.2 Å². The Hall–Kier alpha value is -2.10. The van der Waals surface area contributed by atoms with Crippen molar-refractivity contribution in [3.05, 3.63) is 29.0 Å². The smallest absolute Gasteiger partial charge is 0.287 e. The number of nitrogens with two attached hydrogens (primary N) is 1. The predicted octanol–water partition coefficient (Wildman–Crippen LogP) is 4.35. The van der Waals surface area contributed by atoms with Gasteiger partial charge in [-0.25, -0.2) is 19.5 Å². The minimum atomic E-state index is -1.12. The summed E-state index contributed by atoms with van der Waals surface area (Å²) in [6, 6.07) is 2.04. The van der Waals surface area contributed by atoms with Gasteiger partial charge in [0.05, 0.1) is 34.5 Å². The highest BCUT2D eigenvalue weighted by molar-refractivity contribution is 7.87. The fourth-order valence-electron chi connectivity index (χ4n) is 3.30. The summed E-state index contributed by atoms with van der Waals surface area (Å²) in [4.78, 5) is 13.6. The van der Waals surface area contributed by atoms with Crippen molar-refractivity contribution >= 4 is 49.4 Å². The van der Waals surface area contributed by atoms with Crippen LogP contribution in [0.5, 0.6) is 0 Å². The van der Waals surface area contributed by atoms with Crippen LogP contribution in [0, 0.1) is 13.8 Å². The second kappa shape index (κ2) is 7.97. The van der Waals surface area contributed by atoms with Crippen LogP contribution in [0.15, 0.2) is 21.9 Å². The first-order valence-corrected chi connectivity index (χ1v) is 12.5. The van der Waals surface area contributed by atoms with Crippen LogP contribution < -0.4 is 10.3 Å². The third-order valence-electron chi connectivity index (χ3n) is 5.15. The maximum absolute atomic E-state index is 12.9. The van der Waals surface area contributed by atoms with E-state index in [2.05, 4.69) is 35.3 Å². The summed E-state index contributed by atoms with van der Waals surface area (Å²) in [7, 11) is 0.918. The van der Waals surface area contributed by atoms with Gasteiger partial charge in [0.2, 0.25) is 0 Å². The van der Waals surface area contributed by atoms with Crippen LogP contribution in [-0.4, -0.2) is 24.9 Å². The standard InChI is InChI=1S/C20H23N5OS3/c1-5-6-9-29(26)20-16(21)15-13(17-23-11(2)12(3)25(17)4)10-14(24-19(15)28-20)18-22-7-8-27-18/h7-8,10H,5-6,9,21H2,1-4H3/p+1. The Morgan fingerprint density at radius 2 is 2.14 bits per heavy atom. The van der Waals surface area contributed by atoms with E-state index in [4.69, 9.17) is 10.7 Å². The van der Waals surface area contributed by atoms with Crippen molar-refractivity contribution in [2.24, 2.45) is 7.05 Å². The van der Waals surface area contributed by atoms with Crippen molar-refractivity contribution in [1.29, 1.82) is 0 Å². The Morgan fingerprint density at radius 3 is 2.76 bits per heavy atom. The number of unbranched alkanes of at least 4 members (excludes halogenated alkanes) is 1. The summed E-state index contributed by atoms with van der Waals surface area (Å²) in [5.74, 6) is 1.58. The number of rotatable bonds is 6. The molecular formula is C20H24N5OS3+. The molecular weight excluding hydrogens is 422 g/mol. The van der Waals surface area contributed by atoms with E-state index in [1.54, 1.807) is 17.5 Å². The molecule has 152 valence electrons. The van der Waals surface area contributed by atoms with E-state index in [0.29, 0.717) is 11.4 Å². The molecule has 0 aromatic carbocycles. The number of hydrogen-bond donors (Lipinski definition) is 2. The average molecular weight is 447 g/mol. The number of hydrogen-bond acceptors (Lipinski definition) is 6. The number of aryl methyl sites for hydroxylation is 1. The van der Waals surface area contributed by atoms with Crippen LogP contribution in [0.4, 0.5) is 5.69 Å². The van der Waals surface area contributed by atoms with Crippen LogP contribution in [0.1, 0.15) is 31.2 Å². The molecule has 4 aromatic rings. The van der Waals surface area contributed by atoms with Gasteiger partial charge in [-0.3, -0.25) is 4.21 Å². The van der Waals surface area contributed by atoms with Gasteiger partial charge in [-0.05, 0) is 12.5 Å². The number of pyridine rings is 1. The summed E-state index contributed by atoms with van der Waals surface area (Å²) >= 11 is 2.99. The summed E-state index contributed by atoms with van der Waals surface area (Å²) < 4.78 is 15.7. The van der Waals surface area contributed by atoms with Gasteiger partial charge in [0.15, 0.2) is 0 Å². The van der Waals surface area contributed by atoms with Crippen LogP contribution in [0.3, 0.4) is 0 Å². The fraction of sp³-hybridized carbons (Fsp3) is 0.350. The minimum Gasteiger partial charge on any atom is -0.396 e. The molecule has 6 nitrogen and oxygen atoms in total. The molecule has 4 aromatic heterocycles. The van der Waals surface area contributed by atoms with Crippen LogP contribution in [0.2, 0.25) is 0 Å². The molecule has 0 saturated carbocycles. The molecule has 29 heavy (non-hydrogen) atoms. The van der Waals surface area contributed by atoms with Crippen LogP contribution >= 0.6 is 22.7 Å². The van der Waals surface area contributed by atoms with Crippen molar-refractivity contribution in [2.75, 3.05) is 11.5 Å². The van der Waals surface area contributed by atoms with Gasteiger partial charge < -0.3 is 5.73 Å². The number of nitrogens with zero attached hydrogens (tertiary/aromatic N) is 3. The van der Waals surface area contributed by atoms with E-state index in [9.17, 15) is 4.21 Å². The topological polar surface area (TPSA) is 88.5 Å². The molecule has 4 rings (SSSR count). The van der Waals surface area contributed by atoms with Crippen molar-refractivity contribution in [3.8, 4) is 22.1 Å². The quantitative estimate of drug-likeness (QED) is 0.431. The van der Waals surface area contributed by atoms with Gasteiger partial charge in [-0.15, -0.1) is 22.7 Å². The molecule has 0 saturated heterocycles. The van der Waals surface area contributed by atoms with Gasteiger partial charge in [-0.1, -0.05) is 13.3 Å². The lowest BCUT2D eigenvalue weighted by Gasteiger charge is -2.04. The molecule has 3 N–H and O–H groups in total. The first-order valence-electron chi connectivity index (χ1n) is 9.49. The zero-order chi connectivity index (χ0) is 20.7. The molecule has 1 atom stereocenters. The van der Waals surface area contributed by atoms with Crippen LogP contribution in [-0.2, 0) is 17.8 Å². The fourth-order valence-corrected chi connectivity index (χ4v) is 6.70. The number of H-pyrrole nitrogens is 1. The first kappa shape index (κ1) is 20.2. The predicted molar refractivity (Wildman–Crippen MR) is 122 cm³/mol. The van der Waals surface area contributed by atoms with Crippen molar-refractivity contribution < 1.29 is 8.78 Å². The highest BCUT2D eigenvalue weighted by Gasteiger charge is 2.26. The van der Waals surface area contributed by atoms with E-state index >= 15 is 0 Å². The zero-order valence-corrected chi connectivity index (χ0v) is 19.4. The zero-order valence-electron chi connectivity index (χ0n) is 16.9. The molecule has 0 aliphatic heterocycles. The Bertz CT molecular complexity index is 1210. The number of aromatic nitrogens is 4. The molecule has 1 unspecified atom stereocenters. The molecule has 4 heterocycles. The lowest BCUT2D eigenvalue weighted by Crippen LogP contribution is -2.31. The number of imidazole rings is 1. The van der Waals surface area contributed by atoms with E-state index < -0.39 is 10.8 Å². The highest BCUT2D eigenvalue weighted by Crippen LogP contribution is 2.42. The molecule has 0 aliphatic carbocycles. The number of thiazole rings is 1. The lowest BCUT2D eigenvalue weighted by molar-refractivity contribution is -0.665. The van der Waals surface area contributed by atoms with Gasteiger partial charge >= 0.3 is 0 Å². The van der Waals surface area contributed by atoms with Gasteiger partial charge in [0.25, 0.3) is 5.82 Å². The first-order chi connectivity index (χ1) is 13.9. The summed E-state index contributed by atoms with van der Waals surface area (Å²) in [6.45, 7) is 6.24. The number of anilines is 1. The Labute approximate surface area is 180 Å². The Kier molecular flexibility index (Phi) is 5.54. The number of fused-ring (bicyclic) bond motifs is 1. The summed E-state index contributed by atoms with van der Waals surface area (Å²) in [6.07, 6.45) is 3.70. The third-order valence-corrected chi connectivity index (χ3v) is 8.94. The SMILES string of the molecule is CCCCS(=O)c1sc2nc(-c3nccs3)cc(-c3[nH]c(C)c(C)[n+]3C)c2c1N. The maximum Gasteiger partial charge on any atom is 0.287 e. The summed E-state index contributed by atoms with van der Waals surface area (Å²) in [5.41, 5.74) is 11.2.